The zero-order chi connectivity index (χ0) is 11.4. The van der Waals surface area contributed by atoms with Gasteiger partial charge in [0.1, 0.15) is 0 Å². The number of nitrogens with one attached hydrogen (secondary N) is 1. The van der Waals surface area contributed by atoms with Gasteiger partial charge in [-0.15, -0.1) is 11.3 Å². The van der Waals surface area contributed by atoms with Gasteiger partial charge in [-0.1, -0.05) is 25.3 Å². The number of rotatable bonds is 6. The number of hydrogen-bond donors (Lipinski definition) is 2. The van der Waals surface area contributed by atoms with E-state index in [1.807, 2.05) is 11.3 Å². The molecule has 2 rings (SSSR count). The standard InChI is InChI=1S/C13H22N2S/c1-13(10-14,8-11-4-2-5-11)15-9-12-6-3-7-16-12/h3,6-7,11,15H,2,4-5,8-10,14H2,1H3. The van der Waals surface area contributed by atoms with Crippen molar-refractivity contribution < 1.29 is 0 Å². The van der Waals surface area contributed by atoms with Crippen molar-refractivity contribution in [1.29, 1.82) is 0 Å². The lowest BCUT2D eigenvalue weighted by Crippen LogP contribution is -2.50. The van der Waals surface area contributed by atoms with Gasteiger partial charge in [-0.2, -0.15) is 0 Å². The summed E-state index contributed by atoms with van der Waals surface area (Å²) in [6, 6.07) is 4.28. The number of hydrogen-bond acceptors (Lipinski definition) is 3. The Labute approximate surface area is 102 Å². The molecule has 1 unspecified atom stereocenters. The molecule has 0 saturated heterocycles. The molecule has 1 saturated carbocycles. The summed E-state index contributed by atoms with van der Waals surface area (Å²) in [5, 5.41) is 5.76. The van der Waals surface area contributed by atoms with Crippen LogP contribution >= 0.6 is 11.3 Å². The van der Waals surface area contributed by atoms with Gasteiger partial charge in [-0.25, -0.2) is 0 Å². The normalized spacial score (nSPS) is 20.4. The molecule has 0 aromatic carbocycles. The van der Waals surface area contributed by atoms with Crippen molar-refractivity contribution in [2.24, 2.45) is 11.7 Å². The Morgan fingerprint density at radius 2 is 2.38 bits per heavy atom. The Morgan fingerprint density at radius 3 is 2.88 bits per heavy atom. The third-order valence-electron chi connectivity index (χ3n) is 3.68. The number of nitrogens with two attached hydrogens (primary N) is 1. The summed E-state index contributed by atoms with van der Waals surface area (Å²) in [5.41, 5.74) is 6.03. The molecule has 0 bridgehead atoms. The third-order valence-corrected chi connectivity index (χ3v) is 4.56. The molecule has 0 aliphatic heterocycles. The lowest BCUT2D eigenvalue weighted by atomic mass is 9.76. The molecule has 1 aliphatic carbocycles. The highest BCUT2D eigenvalue weighted by Crippen LogP contribution is 2.33. The van der Waals surface area contributed by atoms with Crippen LogP contribution in [0.5, 0.6) is 0 Å². The van der Waals surface area contributed by atoms with Gasteiger partial charge >= 0.3 is 0 Å². The topological polar surface area (TPSA) is 38.0 Å². The van der Waals surface area contributed by atoms with Gasteiger partial charge in [-0.05, 0) is 30.7 Å². The number of thiophene rings is 1. The molecule has 3 heteroatoms. The smallest absolute Gasteiger partial charge is 0.0305 e. The van der Waals surface area contributed by atoms with Gasteiger partial charge in [0, 0.05) is 23.5 Å². The quantitative estimate of drug-likeness (QED) is 0.800. The molecule has 1 fully saturated rings. The van der Waals surface area contributed by atoms with E-state index in [1.165, 1.54) is 30.6 Å². The first-order valence-corrected chi connectivity index (χ1v) is 7.07. The van der Waals surface area contributed by atoms with E-state index in [4.69, 9.17) is 5.73 Å². The highest BCUT2D eigenvalue weighted by Gasteiger charge is 2.29. The predicted octanol–water partition coefficient (Wildman–Crippen LogP) is 2.75. The van der Waals surface area contributed by atoms with Crippen LogP contribution in [0.15, 0.2) is 17.5 Å². The SMILES string of the molecule is CC(CN)(CC1CCC1)NCc1cccs1. The van der Waals surface area contributed by atoms with Gasteiger partial charge < -0.3 is 11.1 Å². The lowest BCUT2D eigenvalue weighted by molar-refractivity contribution is 0.206. The summed E-state index contributed by atoms with van der Waals surface area (Å²) in [4.78, 5) is 1.40. The molecule has 1 heterocycles. The Hall–Kier alpha value is -0.380. The van der Waals surface area contributed by atoms with Crippen LogP contribution in [0, 0.1) is 5.92 Å². The highest BCUT2D eigenvalue weighted by atomic mass is 32.1. The molecular weight excluding hydrogens is 216 g/mol. The van der Waals surface area contributed by atoms with E-state index in [-0.39, 0.29) is 5.54 Å². The molecule has 1 aromatic heterocycles. The Morgan fingerprint density at radius 1 is 1.56 bits per heavy atom. The summed E-state index contributed by atoms with van der Waals surface area (Å²) in [7, 11) is 0. The van der Waals surface area contributed by atoms with E-state index in [9.17, 15) is 0 Å². The lowest BCUT2D eigenvalue weighted by Gasteiger charge is -2.37. The van der Waals surface area contributed by atoms with Crippen LogP contribution < -0.4 is 11.1 Å². The van der Waals surface area contributed by atoms with Crippen LogP contribution in [-0.2, 0) is 6.54 Å². The molecule has 1 aromatic rings. The van der Waals surface area contributed by atoms with Crippen LogP contribution in [0.2, 0.25) is 0 Å². The van der Waals surface area contributed by atoms with Crippen LogP contribution in [-0.4, -0.2) is 12.1 Å². The molecule has 0 radical (unpaired) electrons. The van der Waals surface area contributed by atoms with E-state index in [0.717, 1.165) is 19.0 Å². The Balaban J connectivity index is 1.82. The molecule has 3 N–H and O–H groups in total. The van der Waals surface area contributed by atoms with Crippen molar-refractivity contribution in [3.63, 3.8) is 0 Å². The Bertz CT molecular complexity index is 306. The second kappa shape index (κ2) is 5.30. The maximum Gasteiger partial charge on any atom is 0.0305 e. The summed E-state index contributed by atoms with van der Waals surface area (Å²) in [5.74, 6) is 0.907. The molecule has 0 spiro atoms. The van der Waals surface area contributed by atoms with Crippen molar-refractivity contribution >= 4 is 11.3 Å². The van der Waals surface area contributed by atoms with E-state index in [2.05, 4.69) is 29.8 Å². The van der Waals surface area contributed by atoms with Gasteiger partial charge in [0.05, 0.1) is 0 Å². The average molecular weight is 238 g/mol. The van der Waals surface area contributed by atoms with Crippen LogP contribution in [0.1, 0.15) is 37.5 Å². The second-order valence-corrected chi connectivity index (χ2v) is 6.23. The minimum atomic E-state index is 0.120. The largest absolute Gasteiger partial charge is 0.329 e. The van der Waals surface area contributed by atoms with Crippen molar-refractivity contribution in [3.05, 3.63) is 22.4 Å². The average Bonchev–Trinajstić information content (AvgIpc) is 2.74. The first kappa shape index (κ1) is 12.1. The molecule has 90 valence electrons. The second-order valence-electron chi connectivity index (χ2n) is 5.20. The predicted molar refractivity (Wildman–Crippen MR) is 70.6 cm³/mol. The van der Waals surface area contributed by atoms with Gasteiger partial charge in [0.15, 0.2) is 0 Å². The Kier molecular flexibility index (Phi) is 4.00. The highest BCUT2D eigenvalue weighted by molar-refractivity contribution is 7.09. The summed E-state index contributed by atoms with van der Waals surface area (Å²) < 4.78 is 0. The van der Waals surface area contributed by atoms with E-state index in [0.29, 0.717) is 0 Å². The molecule has 0 amide bonds. The fourth-order valence-corrected chi connectivity index (χ4v) is 2.92. The van der Waals surface area contributed by atoms with Gasteiger partial charge in [-0.3, -0.25) is 0 Å². The van der Waals surface area contributed by atoms with Crippen LogP contribution in [0.4, 0.5) is 0 Å². The third kappa shape index (κ3) is 3.06. The van der Waals surface area contributed by atoms with E-state index < -0.39 is 0 Å². The minimum Gasteiger partial charge on any atom is -0.329 e. The fourth-order valence-electron chi connectivity index (χ4n) is 2.28. The van der Waals surface area contributed by atoms with Crippen molar-refractivity contribution in [2.45, 2.75) is 44.7 Å². The summed E-state index contributed by atoms with van der Waals surface area (Å²) in [6.07, 6.45) is 5.44. The van der Waals surface area contributed by atoms with Crippen molar-refractivity contribution in [3.8, 4) is 0 Å². The van der Waals surface area contributed by atoms with Crippen molar-refractivity contribution in [1.82, 2.24) is 5.32 Å². The molecule has 1 aliphatic rings. The fraction of sp³-hybridized carbons (Fsp3) is 0.692. The summed E-state index contributed by atoms with van der Waals surface area (Å²) in [6.45, 7) is 3.95. The first-order valence-electron chi connectivity index (χ1n) is 6.19. The minimum absolute atomic E-state index is 0.120. The van der Waals surface area contributed by atoms with Crippen molar-refractivity contribution in [2.75, 3.05) is 6.54 Å². The zero-order valence-electron chi connectivity index (χ0n) is 10.0. The summed E-state index contributed by atoms with van der Waals surface area (Å²) >= 11 is 1.81. The first-order chi connectivity index (χ1) is 7.72. The van der Waals surface area contributed by atoms with E-state index in [1.54, 1.807) is 0 Å². The molecule has 1 atom stereocenters. The van der Waals surface area contributed by atoms with Crippen LogP contribution in [0.25, 0.3) is 0 Å². The molecular formula is C13H22N2S. The van der Waals surface area contributed by atoms with Gasteiger partial charge in [0.2, 0.25) is 0 Å². The maximum atomic E-state index is 5.91. The molecule has 2 nitrogen and oxygen atoms in total. The van der Waals surface area contributed by atoms with Crippen LogP contribution in [0.3, 0.4) is 0 Å². The maximum absolute atomic E-state index is 5.91. The van der Waals surface area contributed by atoms with E-state index >= 15 is 0 Å². The zero-order valence-corrected chi connectivity index (χ0v) is 10.9. The monoisotopic (exact) mass is 238 g/mol. The van der Waals surface area contributed by atoms with Gasteiger partial charge in [0.25, 0.3) is 0 Å². The molecule has 16 heavy (non-hydrogen) atoms.